The van der Waals surface area contributed by atoms with Crippen molar-refractivity contribution in [2.75, 3.05) is 12.4 Å². The van der Waals surface area contributed by atoms with Gasteiger partial charge in [-0.25, -0.2) is 4.98 Å². The summed E-state index contributed by atoms with van der Waals surface area (Å²) in [6.45, 7) is 7.86. The molecule has 24 heavy (non-hydrogen) atoms. The Balaban J connectivity index is 2.32. The zero-order valence-electron chi connectivity index (χ0n) is 14.9. The zero-order valence-corrected chi connectivity index (χ0v) is 14.9. The van der Waals surface area contributed by atoms with Crippen molar-refractivity contribution in [2.45, 2.75) is 46.8 Å². The molecule has 6 heteroatoms. The molecular formula is C18H25N3O3. The summed E-state index contributed by atoms with van der Waals surface area (Å²) in [5.74, 6) is 0.489. The van der Waals surface area contributed by atoms with E-state index in [4.69, 9.17) is 4.74 Å². The van der Waals surface area contributed by atoms with E-state index in [2.05, 4.69) is 15.3 Å². The Morgan fingerprint density at radius 1 is 1.33 bits per heavy atom. The maximum absolute atomic E-state index is 12.1. The van der Waals surface area contributed by atoms with Gasteiger partial charge in [0.05, 0.1) is 13.2 Å². The van der Waals surface area contributed by atoms with Crippen LogP contribution in [0, 0.1) is 13.8 Å². The van der Waals surface area contributed by atoms with Gasteiger partial charge >= 0.3 is 0 Å². The summed E-state index contributed by atoms with van der Waals surface area (Å²) in [6, 6.07) is 3.74. The van der Waals surface area contributed by atoms with Crippen molar-refractivity contribution in [1.29, 1.82) is 0 Å². The van der Waals surface area contributed by atoms with E-state index in [1.165, 1.54) is 0 Å². The lowest BCUT2D eigenvalue weighted by atomic mass is 10.1. The van der Waals surface area contributed by atoms with Gasteiger partial charge in [0.25, 0.3) is 5.56 Å². The number of pyridine rings is 2. The second-order valence-electron chi connectivity index (χ2n) is 5.88. The average molecular weight is 331 g/mol. The Labute approximate surface area is 141 Å². The number of methoxy groups -OCH3 is 1. The molecule has 1 unspecified atom stereocenters. The quantitative estimate of drug-likeness (QED) is 0.757. The van der Waals surface area contributed by atoms with Gasteiger partial charge in [-0.3, -0.25) is 4.79 Å². The lowest BCUT2D eigenvalue weighted by Gasteiger charge is -2.15. The number of nitrogens with one attached hydrogen (secondary N) is 2. The molecule has 3 N–H and O–H groups in total. The van der Waals surface area contributed by atoms with Crippen LogP contribution >= 0.6 is 0 Å². The fourth-order valence-electron chi connectivity index (χ4n) is 2.72. The molecule has 2 rings (SSSR count). The van der Waals surface area contributed by atoms with E-state index in [0.29, 0.717) is 18.1 Å². The first-order chi connectivity index (χ1) is 11.4. The standard InChI is InChI=1S/C18H25N3O3/c1-6-13-8-16(17(23)20-10(13)2)19-9-14-7-15(12(4)22)11(3)21-18(14)24-5/h7-8,12,19,22H,6,9H2,1-5H3,(H,20,23). The maximum atomic E-state index is 12.1. The number of H-pyrrole nitrogens is 1. The number of anilines is 1. The number of rotatable bonds is 6. The van der Waals surface area contributed by atoms with Crippen LogP contribution in [0.1, 0.15) is 48.0 Å². The minimum absolute atomic E-state index is 0.153. The Morgan fingerprint density at radius 2 is 2.04 bits per heavy atom. The summed E-state index contributed by atoms with van der Waals surface area (Å²) in [4.78, 5) is 19.4. The first-order valence-corrected chi connectivity index (χ1v) is 8.06. The van der Waals surface area contributed by atoms with Gasteiger partial charge in [-0.2, -0.15) is 0 Å². The first kappa shape index (κ1) is 18.0. The van der Waals surface area contributed by atoms with Gasteiger partial charge in [-0.1, -0.05) is 6.92 Å². The smallest absolute Gasteiger partial charge is 0.271 e. The van der Waals surface area contributed by atoms with E-state index in [-0.39, 0.29) is 5.56 Å². The molecule has 0 saturated carbocycles. The second kappa shape index (κ2) is 7.49. The monoisotopic (exact) mass is 331 g/mol. The number of ether oxygens (including phenoxy) is 1. The summed E-state index contributed by atoms with van der Waals surface area (Å²) >= 11 is 0. The maximum Gasteiger partial charge on any atom is 0.271 e. The van der Waals surface area contributed by atoms with Crippen molar-refractivity contribution in [3.63, 3.8) is 0 Å². The highest BCUT2D eigenvalue weighted by molar-refractivity contribution is 5.46. The Morgan fingerprint density at radius 3 is 2.62 bits per heavy atom. The number of hydrogen-bond acceptors (Lipinski definition) is 5. The predicted molar refractivity (Wildman–Crippen MR) is 94.7 cm³/mol. The molecule has 2 heterocycles. The van der Waals surface area contributed by atoms with Gasteiger partial charge in [0.2, 0.25) is 5.88 Å². The molecule has 0 spiro atoms. The number of aromatic nitrogens is 2. The SMILES string of the molecule is CCc1cc(NCc2cc(C(C)O)c(C)nc2OC)c(=O)[nH]c1C. The van der Waals surface area contributed by atoms with Gasteiger partial charge in [0.1, 0.15) is 5.69 Å². The van der Waals surface area contributed by atoms with Crippen molar-refractivity contribution in [1.82, 2.24) is 9.97 Å². The Hall–Kier alpha value is -2.34. The van der Waals surface area contributed by atoms with E-state index in [1.54, 1.807) is 14.0 Å². The number of aryl methyl sites for hydroxylation is 3. The highest BCUT2D eigenvalue weighted by atomic mass is 16.5. The van der Waals surface area contributed by atoms with Crippen molar-refractivity contribution in [3.05, 3.63) is 50.6 Å². The minimum Gasteiger partial charge on any atom is -0.481 e. The van der Waals surface area contributed by atoms with Crippen LogP contribution in [0.2, 0.25) is 0 Å². The van der Waals surface area contributed by atoms with Crippen molar-refractivity contribution in [2.24, 2.45) is 0 Å². The summed E-state index contributed by atoms with van der Waals surface area (Å²) in [7, 11) is 1.56. The molecule has 2 aromatic rings. The van der Waals surface area contributed by atoms with Crippen molar-refractivity contribution >= 4 is 5.69 Å². The molecule has 0 aliphatic carbocycles. The summed E-state index contributed by atoms with van der Waals surface area (Å²) < 4.78 is 5.32. The van der Waals surface area contributed by atoms with Crippen LogP contribution < -0.4 is 15.6 Å². The van der Waals surface area contributed by atoms with Gasteiger partial charge in [-0.05, 0) is 44.9 Å². The van der Waals surface area contributed by atoms with Crippen LogP contribution in [0.4, 0.5) is 5.69 Å². The largest absolute Gasteiger partial charge is 0.481 e. The third-order valence-corrected chi connectivity index (χ3v) is 4.13. The third kappa shape index (κ3) is 3.76. The number of nitrogens with zero attached hydrogens (tertiary/aromatic N) is 1. The fraction of sp³-hybridized carbons (Fsp3) is 0.444. The van der Waals surface area contributed by atoms with Crippen LogP contribution in [0.3, 0.4) is 0 Å². The summed E-state index contributed by atoms with van der Waals surface area (Å²) in [5.41, 5.74) is 4.61. The van der Waals surface area contributed by atoms with Crippen LogP contribution in [0.25, 0.3) is 0 Å². The molecule has 0 aromatic carbocycles. The average Bonchev–Trinajstić information content (AvgIpc) is 2.54. The highest BCUT2D eigenvalue weighted by Crippen LogP contribution is 2.24. The summed E-state index contributed by atoms with van der Waals surface area (Å²) in [5, 5.41) is 13.0. The Bertz CT molecular complexity index is 782. The molecule has 130 valence electrons. The molecular weight excluding hydrogens is 306 g/mol. The predicted octanol–water partition coefficient (Wildman–Crippen LogP) is 2.62. The molecule has 0 fully saturated rings. The first-order valence-electron chi connectivity index (χ1n) is 8.06. The van der Waals surface area contributed by atoms with E-state index in [0.717, 1.165) is 34.5 Å². The lowest BCUT2D eigenvalue weighted by molar-refractivity contribution is 0.197. The molecule has 0 aliphatic rings. The van der Waals surface area contributed by atoms with E-state index < -0.39 is 6.10 Å². The molecule has 1 atom stereocenters. The molecule has 0 amide bonds. The molecule has 6 nitrogen and oxygen atoms in total. The van der Waals surface area contributed by atoms with Gasteiger partial charge in [0, 0.05) is 29.1 Å². The lowest BCUT2D eigenvalue weighted by Crippen LogP contribution is -2.17. The molecule has 0 saturated heterocycles. The van der Waals surface area contributed by atoms with Crippen LogP contribution in [0.5, 0.6) is 5.88 Å². The second-order valence-corrected chi connectivity index (χ2v) is 5.88. The van der Waals surface area contributed by atoms with Gasteiger partial charge in [-0.15, -0.1) is 0 Å². The molecule has 2 aromatic heterocycles. The van der Waals surface area contributed by atoms with Crippen LogP contribution in [0.15, 0.2) is 16.9 Å². The van der Waals surface area contributed by atoms with Crippen molar-refractivity contribution in [3.8, 4) is 5.88 Å². The normalized spacial score (nSPS) is 12.1. The third-order valence-electron chi connectivity index (χ3n) is 4.13. The van der Waals surface area contributed by atoms with E-state index in [9.17, 15) is 9.90 Å². The van der Waals surface area contributed by atoms with Gasteiger partial charge in [0.15, 0.2) is 0 Å². The van der Waals surface area contributed by atoms with Crippen LogP contribution in [-0.4, -0.2) is 22.2 Å². The summed E-state index contributed by atoms with van der Waals surface area (Å²) in [6.07, 6.45) is 0.232. The van der Waals surface area contributed by atoms with Crippen molar-refractivity contribution < 1.29 is 9.84 Å². The molecule has 0 bridgehead atoms. The number of aliphatic hydroxyl groups excluding tert-OH is 1. The van der Waals surface area contributed by atoms with Gasteiger partial charge < -0.3 is 20.1 Å². The highest BCUT2D eigenvalue weighted by Gasteiger charge is 2.14. The topological polar surface area (TPSA) is 87.2 Å². The fourth-order valence-corrected chi connectivity index (χ4v) is 2.72. The van der Waals surface area contributed by atoms with Crippen LogP contribution in [-0.2, 0) is 13.0 Å². The van der Waals surface area contributed by atoms with E-state index in [1.807, 2.05) is 32.9 Å². The van der Waals surface area contributed by atoms with E-state index >= 15 is 0 Å². The minimum atomic E-state index is -0.614. The number of hydrogen-bond donors (Lipinski definition) is 3. The molecule has 0 radical (unpaired) electrons. The molecule has 0 aliphatic heterocycles. The number of aromatic amines is 1. The zero-order chi connectivity index (χ0) is 17.9. The number of aliphatic hydroxyl groups is 1. The Kier molecular flexibility index (Phi) is 5.62.